The van der Waals surface area contributed by atoms with Gasteiger partial charge >= 0.3 is 0 Å². The maximum absolute atomic E-state index is 10.8. The summed E-state index contributed by atoms with van der Waals surface area (Å²) < 4.78 is 1.81. The summed E-state index contributed by atoms with van der Waals surface area (Å²) in [4.78, 5) is 22.8. The van der Waals surface area contributed by atoms with Gasteiger partial charge in [-0.15, -0.1) is 0 Å². The number of imidazole rings is 1. The fraction of sp³-hybridized carbons (Fsp3) is 0.0667. The van der Waals surface area contributed by atoms with Crippen LogP contribution in [0.5, 0.6) is 0 Å². The van der Waals surface area contributed by atoms with Crippen LogP contribution in [0.3, 0.4) is 0 Å². The number of aldehydes is 1. The Morgan fingerprint density at radius 2 is 1.80 bits per heavy atom. The molecule has 0 spiro atoms. The van der Waals surface area contributed by atoms with E-state index < -0.39 is 0 Å². The van der Waals surface area contributed by atoms with Gasteiger partial charge in [0.1, 0.15) is 6.33 Å². The Morgan fingerprint density at radius 1 is 1.05 bits per heavy atom. The van der Waals surface area contributed by atoms with Gasteiger partial charge in [-0.3, -0.25) is 4.79 Å². The molecule has 0 fully saturated rings. The number of benzene rings is 1. The maximum Gasteiger partial charge on any atom is 0.185 e. The second-order valence-electron chi connectivity index (χ2n) is 4.36. The van der Waals surface area contributed by atoms with E-state index in [1.165, 1.54) is 6.33 Å². The molecule has 1 aromatic carbocycles. The number of hydrogen-bond donors (Lipinski definition) is 0. The van der Waals surface area contributed by atoms with Crippen LogP contribution in [0.1, 0.15) is 16.2 Å². The molecule has 0 aliphatic carbocycles. The quantitative estimate of drug-likeness (QED) is 0.678. The molecule has 0 aliphatic heterocycles. The van der Waals surface area contributed by atoms with Crippen molar-refractivity contribution >= 4 is 6.29 Å². The van der Waals surface area contributed by atoms with Gasteiger partial charge in [-0.1, -0.05) is 24.3 Å². The van der Waals surface area contributed by atoms with Gasteiger partial charge in [-0.05, 0) is 11.1 Å². The zero-order chi connectivity index (χ0) is 13.8. The first-order chi connectivity index (χ1) is 9.86. The topological polar surface area (TPSA) is 60.7 Å². The van der Waals surface area contributed by atoms with Crippen LogP contribution in [-0.4, -0.2) is 25.8 Å². The fourth-order valence-electron chi connectivity index (χ4n) is 2.02. The molecule has 2 heterocycles. The van der Waals surface area contributed by atoms with Crippen LogP contribution in [0.15, 0.2) is 55.4 Å². The van der Waals surface area contributed by atoms with Crippen LogP contribution >= 0.6 is 0 Å². The van der Waals surface area contributed by atoms with Gasteiger partial charge in [-0.2, -0.15) is 0 Å². The summed E-state index contributed by atoms with van der Waals surface area (Å²) in [5.74, 6) is 0.436. The van der Waals surface area contributed by atoms with Crippen molar-refractivity contribution in [3.8, 4) is 11.1 Å². The Hall–Kier alpha value is -2.82. The molecule has 0 aliphatic rings. The van der Waals surface area contributed by atoms with Gasteiger partial charge in [-0.25, -0.2) is 15.0 Å². The molecule has 0 unspecified atom stereocenters. The van der Waals surface area contributed by atoms with Crippen molar-refractivity contribution in [2.75, 3.05) is 0 Å². The van der Waals surface area contributed by atoms with Crippen LogP contribution < -0.4 is 0 Å². The molecule has 0 amide bonds. The molecule has 0 atom stereocenters. The van der Waals surface area contributed by atoms with Gasteiger partial charge < -0.3 is 4.57 Å². The number of carbonyl (C=O) groups is 1. The fourth-order valence-corrected chi connectivity index (χ4v) is 2.02. The maximum atomic E-state index is 10.8. The van der Waals surface area contributed by atoms with Gasteiger partial charge in [0.05, 0.1) is 0 Å². The molecule has 3 rings (SSSR count). The second-order valence-corrected chi connectivity index (χ2v) is 4.36. The average molecular weight is 264 g/mol. The minimum atomic E-state index is 0.436. The van der Waals surface area contributed by atoms with E-state index >= 15 is 0 Å². The number of aromatic nitrogens is 4. The third-order valence-corrected chi connectivity index (χ3v) is 3.05. The smallest absolute Gasteiger partial charge is 0.185 e. The molecule has 0 saturated heterocycles. The Labute approximate surface area is 116 Å². The SMILES string of the molecule is O=Cc1nccn1Cc1ccc(-c2cncnc2)cc1. The van der Waals surface area contributed by atoms with Gasteiger partial charge in [0.25, 0.3) is 0 Å². The summed E-state index contributed by atoms with van der Waals surface area (Å²) >= 11 is 0. The van der Waals surface area contributed by atoms with Gasteiger partial charge in [0, 0.05) is 36.9 Å². The molecule has 3 aromatic rings. The highest BCUT2D eigenvalue weighted by molar-refractivity contribution is 5.69. The minimum Gasteiger partial charge on any atom is -0.324 e. The van der Waals surface area contributed by atoms with Crippen LogP contribution in [-0.2, 0) is 6.54 Å². The molecule has 98 valence electrons. The molecule has 5 heteroatoms. The molecule has 0 bridgehead atoms. The van der Waals surface area contributed by atoms with Crippen LogP contribution in [0.25, 0.3) is 11.1 Å². The summed E-state index contributed by atoms with van der Waals surface area (Å²) in [5.41, 5.74) is 3.15. The molecule has 0 saturated carbocycles. The summed E-state index contributed by atoms with van der Waals surface area (Å²) in [7, 11) is 0. The van der Waals surface area contributed by atoms with Crippen LogP contribution in [0.4, 0.5) is 0 Å². The van der Waals surface area contributed by atoms with E-state index in [0.29, 0.717) is 12.4 Å². The van der Waals surface area contributed by atoms with Crippen molar-refractivity contribution in [3.05, 3.63) is 66.8 Å². The van der Waals surface area contributed by atoms with Crippen molar-refractivity contribution in [2.24, 2.45) is 0 Å². The van der Waals surface area contributed by atoms with Crippen LogP contribution in [0, 0.1) is 0 Å². The molecule has 0 N–H and O–H groups in total. The van der Waals surface area contributed by atoms with E-state index in [-0.39, 0.29) is 0 Å². The Kier molecular flexibility index (Phi) is 3.33. The third-order valence-electron chi connectivity index (χ3n) is 3.05. The molecule has 2 aromatic heterocycles. The van der Waals surface area contributed by atoms with Gasteiger partial charge in [0.15, 0.2) is 12.1 Å². The zero-order valence-corrected chi connectivity index (χ0v) is 10.7. The molecule has 0 radical (unpaired) electrons. The van der Waals surface area contributed by atoms with E-state index in [9.17, 15) is 4.79 Å². The van der Waals surface area contributed by atoms with Crippen molar-refractivity contribution in [2.45, 2.75) is 6.54 Å². The lowest BCUT2D eigenvalue weighted by Gasteiger charge is -2.06. The number of hydrogen-bond acceptors (Lipinski definition) is 4. The third kappa shape index (κ3) is 2.47. The lowest BCUT2D eigenvalue weighted by Crippen LogP contribution is -2.03. The van der Waals surface area contributed by atoms with E-state index in [2.05, 4.69) is 15.0 Å². The number of nitrogens with zero attached hydrogens (tertiary/aromatic N) is 4. The first-order valence-electron chi connectivity index (χ1n) is 6.17. The Balaban J connectivity index is 1.82. The molecular weight excluding hydrogens is 252 g/mol. The standard InChI is InChI=1S/C15H12N4O/c20-10-15-18-5-6-19(15)9-12-1-3-13(4-2-12)14-7-16-11-17-8-14/h1-8,10-11H,9H2. The first-order valence-corrected chi connectivity index (χ1v) is 6.17. The summed E-state index contributed by atoms with van der Waals surface area (Å²) in [6, 6.07) is 8.09. The highest BCUT2D eigenvalue weighted by atomic mass is 16.1. The largest absolute Gasteiger partial charge is 0.324 e. The average Bonchev–Trinajstić information content (AvgIpc) is 2.96. The lowest BCUT2D eigenvalue weighted by molar-refractivity contribution is 0.111. The highest BCUT2D eigenvalue weighted by Gasteiger charge is 2.03. The minimum absolute atomic E-state index is 0.436. The predicted octanol–water partition coefficient (Wildman–Crippen LogP) is 2.20. The molecule has 20 heavy (non-hydrogen) atoms. The predicted molar refractivity (Wildman–Crippen MR) is 74.2 cm³/mol. The summed E-state index contributed by atoms with van der Waals surface area (Å²) in [6.45, 7) is 0.625. The number of carbonyl (C=O) groups excluding carboxylic acids is 1. The second kappa shape index (κ2) is 5.44. The Morgan fingerprint density at radius 3 is 2.50 bits per heavy atom. The van der Waals surface area contributed by atoms with Gasteiger partial charge in [0.2, 0.25) is 0 Å². The van der Waals surface area contributed by atoms with E-state index in [0.717, 1.165) is 23.0 Å². The lowest BCUT2D eigenvalue weighted by atomic mass is 10.1. The number of rotatable bonds is 4. The van der Waals surface area contributed by atoms with Crippen molar-refractivity contribution < 1.29 is 4.79 Å². The van der Waals surface area contributed by atoms with Crippen molar-refractivity contribution in [1.29, 1.82) is 0 Å². The van der Waals surface area contributed by atoms with Crippen LogP contribution in [0.2, 0.25) is 0 Å². The zero-order valence-electron chi connectivity index (χ0n) is 10.7. The summed E-state index contributed by atoms with van der Waals surface area (Å²) in [5, 5.41) is 0. The van der Waals surface area contributed by atoms with E-state index in [4.69, 9.17) is 0 Å². The Bertz CT molecular complexity index is 704. The normalized spacial score (nSPS) is 10.4. The van der Waals surface area contributed by atoms with Crippen molar-refractivity contribution in [1.82, 2.24) is 19.5 Å². The summed E-state index contributed by atoms with van der Waals surface area (Å²) in [6.07, 6.45) is 9.25. The highest BCUT2D eigenvalue weighted by Crippen LogP contribution is 2.18. The monoisotopic (exact) mass is 264 g/mol. The molecular formula is C15H12N4O. The first kappa shape index (κ1) is 12.2. The molecule has 5 nitrogen and oxygen atoms in total. The van der Waals surface area contributed by atoms with E-state index in [1.807, 2.05) is 28.8 Å². The van der Waals surface area contributed by atoms with Crippen molar-refractivity contribution in [3.63, 3.8) is 0 Å². The van der Waals surface area contributed by atoms with E-state index in [1.54, 1.807) is 24.8 Å².